The Morgan fingerprint density at radius 1 is 1.50 bits per heavy atom. The molecule has 1 rings (SSSR count). The maximum atomic E-state index is 13.1. The first-order valence-corrected chi connectivity index (χ1v) is 8.63. The molecular weight excluding hydrogens is 282 g/mol. The van der Waals surface area contributed by atoms with Gasteiger partial charge in [-0.3, -0.25) is 9.19 Å². The topological polar surface area (TPSA) is 56.0 Å². The van der Waals surface area contributed by atoms with E-state index in [2.05, 4.69) is 4.98 Å². The maximum absolute atomic E-state index is 13.1. The number of aromatic nitrogens is 1. The number of nitrogens with zero attached hydrogens (tertiary/aromatic N) is 1. The second kappa shape index (κ2) is 6.63. The molecule has 0 saturated heterocycles. The van der Waals surface area contributed by atoms with Gasteiger partial charge >= 0.3 is 0 Å². The largest absolute Gasteiger partial charge is 0.330 e. The fraction of sp³-hybridized carbons (Fsp3) is 0.571. The van der Waals surface area contributed by atoms with E-state index in [-0.39, 0.29) is 10.9 Å². The van der Waals surface area contributed by atoms with Gasteiger partial charge in [0.15, 0.2) is 0 Å². The molecule has 2 N–H and O–H groups in total. The first kappa shape index (κ1) is 17.0. The van der Waals surface area contributed by atoms with Gasteiger partial charge < -0.3 is 5.73 Å². The molecule has 6 heteroatoms. The molecule has 2 atom stereocenters. The van der Waals surface area contributed by atoms with Gasteiger partial charge in [0.25, 0.3) is 5.92 Å². The molecular formula is C14H22F2N2OS. The molecule has 0 spiro atoms. The van der Waals surface area contributed by atoms with Gasteiger partial charge in [0.05, 0.1) is 5.25 Å². The van der Waals surface area contributed by atoms with Crippen molar-refractivity contribution in [3.8, 4) is 0 Å². The van der Waals surface area contributed by atoms with Gasteiger partial charge in [0.2, 0.25) is 0 Å². The quantitative estimate of drug-likeness (QED) is 0.649. The molecule has 0 bridgehead atoms. The third kappa shape index (κ3) is 4.52. The Morgan fingerprint density at radius 2 is 2.15 bits per heavy atom. The van der Waals surface area contributed by atoms with Gasteiger partial charge in [0, 0.05) is 19.4 Å². The van der Waals surface area contributed by atoms with E-state index in [1.165, 1.54) is 12.3 Å². The molecule has 0 radical (unpaired) electrons. The third-order valence-electron chi connectivity index (χ3n) is 3.26. The highest BCUT2D eigenvalue weighted by molar-refractivity contribution is 8.00. The van der Waals surface area contributed by atoms with Gasteiger partial charge in [-0.05, 0) is 52.8 Å². The Kier molecular flexibility index (Phi) is 5.65. The van der Waals surface area contributed by atoms with Crippen LogP contribution < -0.4 is 5.73 Å². The highest BCUT2D eigenvalue weighted by Gasteiger charge is 2.26. The minimum absolute atomic E-state index is 0.257. The summed E-state index contributed by atoms with van der Waals surface area (Å²) in [6.07, 6.45) is 4.54. The van der Waals surface area contributed by atoms with Crippen molar-refractivity contribution in [1.29, 1.82) is 0 Å². The molecule has 0 aliphatic rings. The number of alkyl halides is 2. The van der Waals surface area contributed by atoms with E-state index in [4.69, 9.17) is 5.73 Å². The van der Waals surface area contributed by atoms with E-state index in [0.29, 0.717) is 18.5 Å². The molecule has 20 heavy (non-hydrogen) atoms. The number of rotatable bonds is 6. The first-order valence-electron chi connectivity index (χ1n) is 6.54. The van der Waals surface area contributed by atoms with Gasteiger partial charge in [-0.1, -0.05) is 6.07 Å². The molecule has 2 unspecified atom stereocenters. The number of hydrogen-bond acceptors (Lipinski definition) is 3. The van der Waals surface area contributed by atoms with Crippen LogP contribution in [-0.2, 0) is 15.4 Å². The summed E-state index contributed by atoms with van der Waals surface area (Å²) in [4.78, 5) is 3.77. The summed E-state index contributed by atoms with van der Waals surface area (Å²) in [6.45, 7) is 3.19. The summed E-state index contributed by atoms with van der Waals surface area (Å²) in [5.41, 5.74) is 5.84. The van der Waals surface area contributed by atoms with E-state index < -0.39 is 15.4 Å². The van der Waals surface area contributed by atoms with Crippen LogP contribution in [0.3, 0.4) is 0 Å². The first-order chi connectivity index (χ1) is 9.18. The Bertz CT molecular complexity index is 543. The van der Waals surface area contributed by atoms with Crippen LogP contribution in [0.2, 0.25) is 0 Å². The number of hydrogen-bond donors (Lipinski definition) is 1. The predicted octanol–water partition coefficient (Wildman–Crippen LogP) is 2.71. The van der Waals surface area contributed by atoms with Crippen molar-refractivity contribution in [3.05, 3.63) is 29.6 Å². The normalized spacial score (nSPS) is 16.5. The Balaban J connectivity index is 2.95. The van der Waals surface area contributed by atoms with Gasteiger partial charge in [0.1, 0.15) is 5.69 Å². The van der Waals surface area contributed by atoms with Crippen molar-refractivity contribution >= 4 is 14.9 Å². The summed E-state index contributed by atoms with van der Waals surface area (Å²) in [6, 6.07) is 2.87. The molecule has 1 aromatic rings. The highest BCUT2D eigenvalue weighted by Crippen LogP contribution is 2.27. The van der Waals surface area contributed by atoms with Crippen molar-refractivity contribution in [2.24, 2.45) is 5.73 Å². The van der Waals surface area contributed by atoms with E-state index in [1.54, 1.807) is 17.7 Å². The van der Waals surface area contributed by atoms with Crippen molar-refractivity contribution in [2.45, 2.75) is 37.9 Å². The summed E-state index contributed by atoms with van der Waals surface area (Å²) in [7, 11) is -2.19. The van der Waals surface area contributed by atoms with Crippen LogP contribution in [0.1, 0.15) is 43.2 Å². The molecule has 0 aromatic carbocycles. The third-order valence-corrected chi connectivity index (χ3v) is 5.84. The lowest BCUT2D eigenvalue weighted by Gasteiger charge is -2.16. The van der Waals surface area contributed by atoms with Gasteiger partial charge in [-0.25, -0.2) is 0 Å². The molecule has 3 nitrogen and oxygen atoms in total. The summed E-state index contributed by atoms with van der Waals surface area (Å²) in [5.74, 6) is -2.96. The Hall–Kier alpha value is -1.01. The molecule has 0 aliphatic carbocycles. The summed E-state index contributed by atoms with van der Waals surface area (Å²) < 4.78 is 38.8. The molecule has 0 fully saturated rings. The number of nitrogens with two attached hydrogens (primary N) is 1. The second-order valence-corrected chi connectivity index (χ2v) is 8.05. The Labute approximate surface area is 119 Å². The highest BCUT2D eigenvalue weighted by atomic mass is 32.2. The van der Waals surface area contributed by atoms with E-state index >= 15 is 0 Å². The van der Waals surface area contributed by atoms with Crippen LogP contribution in [0.25, 0.3) is 0 Å². The van der Waals surface area contributed by atoms with Crippen LogP contribution in [0, 0.1) is 0 Å². The van der Waals surface area contributed by atoms with Crippen molar-refractivity contribution < 1.29 is 13.0 Å². The smallest absolute Gasteiger partial charge is 0.286 e. The van der Waals surface area contributed by atoms with Crippen LogP contribution >= 0.6 is 0 Å². The monoisotopic (exact) mass is 304 g/mol. The predicted molar refractivity (Wildman–Crippen MR) is 80.6 cm³/mol. The average molecular weight is 304 g/mol. The molecule has 114 valence electrons. The lowest BCUT2D eigenvalue weighted by Crippen LogP contribution is -2.14. The van der Waals surface area contributed by atoms with E-state index in [9.17, 15) is 13.0 Å². The standard InChI is InChI=1S/C14H22F2N2OS/c1-11(20(3,19)9-5-4-8-17)12-6-7-13(18-10-12)14(2,15)16/h6-7,9-11H,4-5,8,17H2,1-3H3. The van der Waals surface area contributed by atoms with Crippen LogP contribution in [0.5, 0.6) is 0 Å². The summed E-state index contributed by atoms with van der Waals surface area (Å²) >= 11 is 0. The lowest BCUT2D eigenvalue weighted by atomic mass is 10.1. The number of pyridine rings is 1. The van der Waals surface area contributed by atoms with Crippen LogP contribution in [0.4, 0.5) is 8.78 Å². The van der Waals surface area contributed by atoms with Crippen molar-refractivity contribution in [2.75, 3.05) is 12.8 Å². The fourth-order valence-corrected chi connectivity index (χ4v) is 3.36. The lowest BCUT2D eigenvalue weighted by molar-refractivity contribution is 0.0127. The van der Waals surface area contributed by atoms with Crippen LogP contribution in [0.15, 0.2) is 18.3 Å². The molecule has 0 saturated carbocycles. The zero-order valence-corrected chi connectivity index (χ0v) is 12.9. The maximum Gasteiger partial charge on any atom is 0.286 e. The van der Waals surface area contributed by atoms with Crippen molar-refractivity contribution in [3.63, 3.8) is 0 Å². The van der Waals surface area contributed by atoms with E-state index in [0.717, 1.165) is 13.3 Å². The SMILES string of the molecule is CC(c1ccc(C(C)(F)F)nc1)S(C)(=O)=CCCCN. The van der Waals surface area contributed by atoms with Gasteiger partial charge in [-0.2, -0.15) is 8.78 Å². The minimum Gasteiger partial charge on any atom is -0.330 e. The Morgan fingerprint density at radius 3 is 2.60 bits per heavy atom. The average Bonchev–Trinajstić information content (AvgIpc) is 2.37. The zero-order chi connectivity index (χ0) is 15.4. The zero-order valence-electron chi connectivity index (χ0n) is 12.1. The fourth-order valence-electron chi connectivity index (χ4n) is 1.76. The van der Waals surface area contributed by atoms with Crippen LogP contribution in [-0.4, -0.2) is 27.4 Å². The minimum atomic E-state index is -2.96. The molecule has 0 amide bonds. The number of unbranched alkanes of at least 4 members (excludes halogenated alkanes) is 1. The van der Waals surface area contributed by atoms with E-state index in [1.807, 2.05) is 6.92 Å². The van der Waals surface area contributed by atoms with Crippen molar-refractivity contribution in [1.82, 2.24) is 4.98 Å². The van der Waals surface area contributed by atoms with Gasteiger partial charge in [-0.15, -0.1) is 0 Å². The second-order valence-electron chi connectivity index (χ2n) is 5.07. The summed E-state index contributed by atoms with van der Waals surface area (Å²) in [5, 5.41) is 1.53. The molecule has 1 heterocycles. The molecule has 0 aliphatic heterocycles. The molecule has 1 aromatic heterocycles. The number of halogens is 2.